The second-order valence-electron chi connectivity index (χ2n) is 3.02. The fourth-order valence-electron chi connectivity index (χ4n) is 1.04. The van der Waals surface area contributed by atoms with Crippen LogP contribution >= 0.6 is 0 Å². The van der Waals surface area contributed by atoms with Gasteiger partial charge in [-0.05, 0) is 12.0 Å². The van der Waals surface area contributed by atoms with Gasteiger partial charge in [0, 0.05) is 6.42 Å². The maximum Gasteiger partial charge on any atom is 0.203 e. The predicted molar refractivity (Wildman–Crippen MR) is 49.5 cm³/mol. The number of nitriles is 1. The normalized spacial score (nSPS) is 14.5. The van der Waals surface area contributed by atoms with Crippen molar-refractivity contribution in [3.8, 4) is 6.07 Å². The van der Waals surface area contributed by atoms with Crippen molar-refractivity contribution in [1.82, 2.24) is 0 Å². The fourth-order valence-corrected chi connectivity index (χ4v) is 1.04. The first-order valence-corrected chi connectivity index (χ1v) is 4.10. The van der Waals surface area contributed by atoms with Gasteiger partial charge in [-0.15, -0.1) is 0 Å². The van der Waals surface area contributed by atoms with Crippen molar-refractivity contribution < 1.29 is 5.11 Å². The van der Waals surface area contributed by atoms with Gasteiger partial charge in [-0.2, -0.15) is 5.26 Å². The maximum absolute atomic E-state index is 9.20. The highest BCUT2D eigenvalue weighted by molar-refractivity contribution is 5.15. The van der Waals surface area contributed by atoms with Crippen LogP contribution in [0.3, 0.4) is 0 Å². The molecule has 3 N–H and O–H groups in total. The van der Waals surface area contributed by atoms with Crippen LogP contribution in [0.15, 0.2) is 30.3 Å². The molecule has 0 unspecified atom stereocenters. The molecule has 0 saturated carbocycles. The van der Waals surface area contributed by atoms with E-state index < -0.39 is 5.72 Å². The number of hydrogen-bond acceptors (Lipinski definition) is 3. The Morgan fingerprint density at radius 1 is 1.38 bits per heavy atom. The van der Waals surface area contributed by atoms with Crippen LogP contribution in [0, 0.1) is 11.3 Å². The first-order chi connectivity index (χ1) is 6.14. The molecule has 0 heterocycles. The summed E-state index contributed by atoms with van der Waals surface area (Å²) in [6.45, 7) is 0. The summed E-state index contributed by atoms with van der Waals surface area (Å²) in [4.78, 5) is 0. The number of nitrogens with zero attached hydrogens (tertiary/aromatic N) is 1. The largest absolute Gasteiger partial charge is 0.364 e. The Morgan fingerprint density at radius 2 is 2.00 bits per heavy atom. The van der Waals surface area contributed by atoms with Gasteiger partial charge >= 0.3 is 0 Å². The maximum atomic E-state index is 9.20. The van der Waals surface area contributed by atoms with Crippen molar-refractivity contribution in [1.29, 1.82) is 5.26 Å². The lowest BCUT2D eigenvalue weighted by molar-refractivity contribution is 0.0971. The molecule has 0 bridgehead atoms. The van der Waals surface area contributed by atoms with Crippen molar-refractivity contribution in [2.24, 2.45) is 5.73 Å². The molecular weight excluding hydrogens is 164 g/mol. The van der Waals surface area contributed by atoms with Crippen molar-refractivity contribution in [2.45, 2.75) is 18.6 Å². The van der Waals surface area contributed by atoms with Gasteiger partial charge in [0.15, 0.2) is 0 Å². The van der Waals surface area contributed by atoms with Gasteiger partial charge in [0.1, 0.15) is 6.07 Å². The minimum atomic E-state index is -1.70. The molecule has 0 aliphatic heterocycles. The Bertz CT molecular complexity index is 300. The number of aliphatic hydroxyl groups is 1. The summed E-state index contributed by atoms with van der Waals surface area (Å²) in [5, 5.41) is 17.6. The second kappa shape index (κ2) is 4.04. The van der Waals surface area contributed by atoms with Crippen LogP contribution in [-0.2, 0) is 6.42 Å². The van der Waals surface area contributed by atoms with Gasteiger partial charge in [0.2, 0.25) is 5.72 Å². The quantitative estimate of drug-likeness (QED) is 0.528. The zero-order valence-corrected chi connectivity index (χ0v) is 7.27. The minimum absolute atomic E-state index is 0.257. The SMILES string of the molecule is N#C[C@@](N)(O)CCc1ccccc1. The zero-order valence-electron chi connectivity index (χ0n) is 7.27. The van der Waals surface area contributed by atoms with E-state index in [0.29, 0.717) is 6.42 Å². The predicted octanol–water partition coefficient (Wildman–Crippen LogP) is 0.790. The zero-order chi connectivity index (χ0) is 9.73. The van der Waals surface area contributed by atoms with Crippen LogP contribution in [0.4, 0.5) is 0 Å². The van der Waals surface area contributed by atoms with E-state index in [0.717, 1.165) is 5.56 Å². The third kappa shape index (κ3) is 3.24. The standard InChI is InChI=1S/C10H12N2O/c11-8-10(12,13)7-6-9-4-2-1-3-5-9/h1-5,13H,6-7,12H2/t10-/m0/s1. The average Bonchev–Trinajstić information content (AvgIpc) is 2.17. The van der Waals surface area contributed by atoms with E-state index in [9.17, 15) is 5.11 Å². The van der Waals surface area contributed by atoms with Gasteiger partial charge < -0.3 is 5.11 Å². The molecule has 1 atom stereocenters. The minimum Gasteiger partial charge on any atom is -0.364 e. The molecule has 68 valence electrons. The number of hydrogen-bond donors (Lipinski definition) is 2. The molecule has 0 amide bonds. The van der Waals surface area contributed by atoms with Gasteiger partial charge in [0.25, 0.3) is 0 Å². The fraction of sp³-hybridized carbons (Fsp3) is 0.300. The van der Waals surface area contributed by atoms with Crippen molar-refractivity contribution in [3.05, 3.63) is 35.9 Å². The third-order valence-electron chi connectivity index (χ3n) is 1.83. The molecule has 0 radical (unpaired) electrons. The second-order valence-corrected chi connectivity index (χ2v) is 3.02. The van der Waals surface area contributed by atoms with Gasteiger partial charge in [0.05, 0.1) is 0 Å². The molecule has 0 aromatic heterocycles. The monoisotopic (exact) mass is 176 g/mol. The smallest absolute Gasteiger partial charge is 0.203 e. The van der Waals surface area contributed by atoms with Crippen molar-refractivity contribution >= 4 is 0 Å². The Labute approximate surface area is 77.4 Å². The molecule has 3 heteroatoms. The van der Waals surface area contributed by atoms with Crippen LogP contribution < -0.4 is 5.73 Å². The average molecular weight is 176 g/mol. The van der Waals surface area contributed by atoms with E-state index in [1.54, 1.807) is 6.07 Å². The third-order valence-corrected chi connectivity index (χ3v) is 1.83. The molecule has 13 heavy (non-hydrogen) atoms. The molecule has 3 nitrogen and oxygen atoms in total. The summed E-state index contributed by atoms with van der Waals surface area (Å²) in [5.41, 5.74) is 4.63. The lowest BCUT2D eigenvalue weighted by atomic mass is 10.0. The molecule has 0 saturated heterocycles. The number of nitrogens with two attached hydrogens (primary N) is 1. The number of aryl methyl sites for hydroxylation is 1. The highest BCUT2D eigenvalue weighted by atomic mass is 16.3. The molecule has 1 aromatic carbocycles. The van der Waals surface area contributed by atoms with E-state index in [1.807, 2.05) is 30.3 Å². The van der Waals surface area contributed by atoms with E-state index in [-0.39, 0.29) is 6.42 Å². The van der Waals surface area contributed by atoms with Crippen LogP contribution in [0.2, 0.25) is 0 Å². The molecule has 1 rings (SSSR count). The van der Waals surface area contributed by atoms with Crippen molar-refractivity contribution in [2.75, 3.05) is 0 Å². The first kappa shape index (κ1) is 9.72. The van der Waals surface area contributed by atoms with Crippen LogP contribution in [0.25, 0.3) is 0 Å². The Hall–Kier alpha value is -1.37. The molecule has 1 aromatic rings. The van der Waals surface area contributed by atoms with Crippen LogP contribution in [0.5, 0.6) is 0 Å². The lowest BCUT2D eigenvalue weighted by Gasteiger charge is -2.12. The van der Waals surface area contributed by atoms with E-state index >= 15 is 0 Å². The van der Waals surface area contributed by atoms with Gasteiger partial charge in [-0.3, -0.25) is 5.73 Å². The lowest BCUT2D eigenvalue weighted by Crippen LogP contribution is -2.38. The van der Waals surface area contributed by atoms with Crippen LogP contribution in [-0.4, -0.2) is 10.8 Å². The number of benzene rings is 1. The highest BCUT2D eigenvalue weighted by Gasteiger charge is 2.18. The topological polar surface area (TPSA) is 70.0 Å². The summed E-state index contributed by atoms with van der Waals surface area (Å²) in [7, 11) is 0. The summed E-state index contributed by atoms with van der Waals surface area (Å²) in [6.07, 6.45) is 0.870. The van der Waals surface area contributed by atoms with E-state index in [2.05, 4.69) is 0 Å². The van der Waals surface area contributed by atoms with Crippen molar-refractivity contribution in [3.63, 3.8) is 0 Å². The molecule has 0 aliphatic carbocycles. The highest BCUT2D eigenvalue weighted by Crippen LogP contribution is 2.08. The molecule has 0 fully saturated rings. The summed E-state index contributed by atoms with van der Waals surface area (Å²) >= 11 is 0. The van der Waals surface area contributed by atoms with Gasteiger partial charge in [-0.1, -0.05) is 30.3 Å². The summed E-state index contributed by atoms with van der Waals surface area (Å²) in [5.74, 6) is 0. The Balaban J connectivity index is 2.50. The first-order valence-electron chi connectivity index (χ1n) is 4.10. The van der Waals surface area contributed by atoms with E-state index in [4.69, 9.17) is 11.0 Å². The van der Waals surface area contributed by atoms with E-state index in [1.165, 1.54) is 0 Å². The Kier molecular flexibility index (Phi) is 3.02. The molecule has 0 aliphatic rings. The Morgan fingerprint density at radius 3 is 2.54 bits per heavy atom. The molecule has 0 spiro atoms. The van der Waals surface area contributed by atoms with Crippen LogP contribution in [0.1, 0.15) is 12.0 Å². The van der Waals surface area contributed by atoms with Gasteiger partial charge in [-0.25, -0.2) is 0 Å². The summed E-state index contributed by atoms with van der Waals surface area (Å²) < 4.78 is 0. The summed E-state index contributed by atoms with van der Waals surface area (Å²) in [6, 6.07) is 11.3. The molecular formula is C10H12N2O. The number of rotatable bonds is 3.